The maximum absolute atomic E-state index is 6.56. The summed E-state index contributed by atoms with van der Waals surface area (Å²) >= 11 is 15.9. The Kier molecular flexibility index (Phi) is 5.19. The number of ether oxygens (including phenoxy) is 2. The Morgan fingerprint density at radius 2 is 1.60 bits per heavy atom. The van der Waals surface area contributed by atoms with E-state index < -0.39 is 0 Å². The molecule has 2 rings (SSSR count). The molecule has 20 heavy (non-hydrogen) atoms. The lowest BCUT2D eigenvalue weighted by molar-refractivity contribution is 0.397. The van der Waals surface area contributed by atoms with E-state index in [9.17, 15) is 0 Å². The fourth-order valence-electron chi connectivity index (χ4n) is 1.89. The molecule has 0 aromatic heterocycles. The first-order valence-corrected chi connectivity index (χ1v) is 7.48. The van der Waals surface area contributed by atoms with Gasteiger partial charge in [-0.2, -0.15) is 0 Å². The fraction of sp³-hybridized carbons (Fsp3) is 0.200. The van der Waals surface area contributed by atoms with E-state index >= 15 is 0 Å². The lowest BCUT2D eigenvalue weighted by Gasteiger charge is -2.16. The molecular weight excluding hydrogens is 363 g/mol. The number of benzene rings is 2. The van der Waals surface area contributed by atoms with Gasteiger partial charge < -0.3 is 9.47 Å². The summed E-state index contributed by atoms with van der Waals surface area (Å²) in [7, 11) is 3.23. The predicted octanol–water partition coefficient (Wildman–Crippen LogP) is 5.45. The molecule has 0 N–H and O–H groups in total. The first-order valence-electron chi connectivity index (χ1n) is 5.87. The third-order valence-corrected chi connectivity index (χ3v) is 4.30. The Morgan fingerprint density at radius 3 is 2.15 bits per heavy atom. The van der Waals surface area contributed by atoms with E-state index in [2.05, 4.69) is 15.9 Å². The molecule has 0 spiro atoms. The van der Waals surface area contributed by atoms with Crippen molar-refractivity contribution in [2.24, 2.45) is 0 Å². The SMILES string of the molecule is COc1cc(C(Cl)c2ccc(Cl)cc2)c(OC)cc1Br. The number of rotatable bonds is 4. The second-order valence-electron chi connectivity index (χ2n) is 4.14. The molecule has 0 aliphatic rings. The third-order valence-electron chi connectivity index (χ3n) is 2.94. The molecule has 0 saturated heterocycles. The van der Waals surface area contributed by atoms with Crippen LogP contribution in [0.25, 0.3) is 0 Å². The van der Waals surface area contributed by atoms with E-state index in [1.807, 2.05) is 36.4 Å². The van der Waals surface area contributed by atoms with Crippen molar-refractivity contribution < 1.29 is 9.47 Å². The maximum Gasteiger partial charge on any atom is 0.133 e. The average molecular weight is 376 g/mol. The minimum absolute atomic E-state index is 0.343. The second kappa shape index (κ2) is 6.70. The first-order chi connectivity index (χ1) is 9.56. The highest BCUT2D eigenvalue weighted by Gasteiger charge is 2.18. The van der Waals surface area contributed by atoms with Gasteiger partial charge in [-0.15, -0.1) is 11.6 Å². The van der Waals surface area contributed by atoms with Crippen LogP contribution >= 0.6 is 39.1 Å². The Bertz CT molecular complexity index is 600. The minimum Gasteiger partial charge on any atom is -0.496 e. The van der Waals surface area contributed by atoms with Crippen molar-refractivity contribution >= 4 is 39.1 Å². The summed E-state index contributed by atoms with van der Waals surface area (Å²) in [6.45, 7) is 0. The molecule has 1 atom stereocenters. The van der Waals surface area contributed by atoms with Crippen LogP contribution in [-0.4, -0.2) is 14.2 Å². The summed E-state index contributed by atoms with van der Waals surface area (Å²) < 4.78 is 11.5. The van der Waals surface area contributed by atoms with Gasteiger partial charge in [0.05, 0.1) is 24.1 Å². The molecule has 0 heterocycles. The van der Waals surface area contributed by atoms with Crippen LogP contribution in [0.15, 0.2) is 40.9 Å². The highest BCUT2D eigenvalue weighted by atomic mass is 79.9. The van der Waals surface area contributed by atoms with E-state index in [0.717, 1.165) is 15.6 Å². The molecule has 0 amide bonds. The minimum atomic E-state index is -0.343. The topological polar surface area (TPSA) is 18.5 Å². The van der Waals surface area contributed by atoms with Gasteiger partial charge >= 0.3 is 0 Å². The van der Waals surface area contributed by atoms with Gasteiger partial charge in [0.2, 0.25) is 0 Å². The predicted molar refractivity (Wildman–Crippen MR) is 86.4 cm³/mol. The van der Waals surface area contributed by atoms with Crippen LogP contribution in [0.3, 0.4) is 0 Å². The van der Waals surface area contributed by atoms with Crippen molar-refractivity contribution in [1.82, 2.24) is 0 Å². The summed E-state index contributed by atoms with van der Waals surface area (Å²) in [5, 5.41) is 0.335. The zero-order valence-electron chi connectivity index (χ0n) is 11.0. The first kappa shape index (κ1) is 15.5. The lowest BCUT2D eigenvalue weighted by atomic mass is 10.0. The molecule has 0 bridgehead atoms. The smallest absolute Gasteiger partial charge is 0.133 e. The molecule has 0 fully saturated rings. The van der Waals surface area contributed by atoms with Gasteiger partial charge in [0, 0.05) is 10.6 Å². The molecule has 106 valence electrons. The van der Waals surface area contributed by atoms with Crippen LogP contribution in [0.5, 0.6) is 11.5 Å². The molecule has 0 aliphatic heterocycles. The molecular formula is C15H13BrCl2O2. The Labute approximate surface area is 136 Å². The zero-order valence-corrected chi connectivity index (χ0v) is 14.1. The summed E-state index contributed by atoms with van der Waals surface area (Å²) in [6, 6.07) is 11.1. The van der Waals surface area contributed by atoms with Crippen molar-refractivity contribution in [3.05, 3.63) is 57.0 Å². The summed E-state index contributed by atoms with van der Waals surface area (Å²) in [6.07, 6.45) is 0. The van der Waals surface area contributed by atoms with E-state index in [0.29, 0.717) is 16.5 Å². The molecule has 2 aromatic carbocycles. The van der Waals surface area contributed by atoms with Gasteiger partial charge in [0.25, 0.3) is 0 Å². The molecule has 0 aliphatic carbocycles. The molecule has 2 aromatic rings. The molecule has 2 nitrogen and oxygen atoms in total. The van der Waals surface area contributed by atoms with Gasteiger partial charge in [-0.25, -0.2) is 0 Å². The van der Waals surface area contributed by atoms with Gasteiger partial charge in [-0.05, 0) is 45.8 Å². The highest BCUT2D eigenvalue weighted by molar-refractivity contribution is 9.10. The summed E-state index contributed by atoms with van der Waals surface area (Å²) in [5.41, 5.74) is 1.79. The van der Waals surface area contributed by atoms with Crippen molar-refractivity contribution in [1.29, 1.82) is 0 Å². The Morgan fingerprint density at radius 1 is 1.00 bits per heavy atom. The van der Waals surface area contributed by atoms with Gasteiger partial charge in [0.15, 0.2) is 0 Å². The van der Waals surface area contributed by atoms with Gasteiger partial charge in [-0.1, -0.05) is 23.7 Å². The molecule has 0 radical (unpaired) electrons. The van der Waals surface area contributed by atoms with E-state index in [1.54, 1.807) is 14.2 Å². The molecule has 0 saturated carbocycles. The van der Waals surface area contributed by atoms with Crippen LogP contribution < -0.4 is 9.47 Å². The largest absolute Gasteiger partial charge is 0.496 e. The van der Waals surface area contributed by atoms with E-state index in [-0.39, 0.29) is 5.38 Å². The van der Waals surface area contributed by atoms with Crippen molar-refractivity contribution in [3.8, 4) is 11.5 Å². The van der Waals surface area contributed by atoms with Crippen LogP contribution in [0.1, 0.15) is 16.5 Å². The van der Waals surface area contributed by atoms with Crippen LogP contribution in [0.4, 0.5) is 0 Å². The Balaban J connectivity index is 2.47. The molecule has 5 heteroatoms. The van der Waals surface area contributed by atoms with Crippen LogP contribution in [0.2, 0.25) is 5.02 Å². The quantitative estimate of drug-likeness (QED) is 0.661. The second-order valence-corrected chi connectivity index (χ2v) is 5.87. The maximum atomic E-state index is 6.56. The average Bonchev–Trinajstić information content (AvgIpc) is 2.47. The normalized spacial score (nSPS) is 12.1. The van der Waals surface area contributed by atoms with E-state index in [1.165, 1.54) is 0 Å². The van der Waals surface area contributed by atoms with Crippen molar-refractivity contribution in [2.75, 3.05) is 14.2 Å². The number of methoxy groups -OCH3 is 2. The highest BCUT2D eigenvalue weighted by Crippen LogP contribution is 2.40. The standard InChI is InChI=1S/C15H13BrCl2O2/c1-19-13-8-12(16)14(20-2)7-11(13)15(18)9-3-5-10(17)6-4-9/h3-8,15H,1-2H3. The Hall–Kier alpha value is -0.900. The number of alkyl halides is 1. The summed E-state index contributed by atoms with van der Waals surface area (Å²) in [5.74, 6) is 1.41. The number of halogens is 3. The molecule has 1 unspecified atom stereocenters. The number of hydrogen-bond donors (Lipinski definition) is 0. The van der Waals surface area contributed by atoms with Gasteiger partial charge in [-0.3, -0.25) is 0 Å². The lowest BCUT2D eigenvalue weighted by Crippen LogP contribution is -1.99. The fourth-order valence-corrected chi connectivity index (χ4v) is 2.82. The van der Waals surface area contributed by atoms with Gasteiger partial charge in [0.1, 0.15) is 11.5 Å². The third kappa shape index (κ3) is 3.22. The van der Waals surface area contributed by atoms with Crippen LogP contribution in [-0.2, 0) is 0 Å². The monoisotopic (exact) mass is 374 g/mol. The zero-order chi connectivity index (χ0) is 14.7. The van der Waals surface area contributed by atoms with Crippen LogP contribution in [0, 0.1) is 0 Å². The van der Waals surface area contributed by atoms with Crippen molar-refractivity contribution in [3.63, 3.8) is 0 Å². The van der Waals surface area contributed by atoms with Crippen molar-refractivity contribution in [2.45, 2.75) is 5.38 Å². The summed E-state index contributed by atoms with van der Waals surface area (Å²) in [4.78, 5) is 0. The number of hydrogen-bond acceptors (Lipinski definition) is 2. The van der Waals surface area contributed by atoms with E-state index in [4.69, 9.17) is 32.7 Å².